The lowest BCUT2D eigenvalue weighted by atomic mass is 9.76. The summed E-state index contributed by atoms with van der Waals surface area (Å²) in [5.41, 5.74) is 4.52. The van der Waals surface area contributed by atoms with Gasteiger partial charge in [0.25, 0.3) is 0 Å². The smallest absolute Gasteiger partial charge is 0.250 e. The zero-order valence-corrected chi connectivity index (χ0v) is 21.2. The molecule has 1 heterocycles. The number of hydrogen-bond acceptors (Lipinski definition) is 2. The molecule has 162 valence electrons. The molecule has 0 bridgehead atoms. The largest absolute Gasteiger partial charge is 0.598 e. The molecule has 3 heteroatoms. The van der Waals surface area contributed by atoms with Gasteiger partial charge in [-0.15, -0.1) is 0 Å². The molecule has 2 nitrogen and oxygen atoms in total. The van der Waals surface area contributed by atoms with Gasteiger partial charge in [-0.2, -0.15) is 0 Å². The molecular formula is C27H38O2P+. The Morgan fingerprint density at radius 2 is 1.30 bits per heavy atom. The van der Waals surface area contributed by atoms with E-state index in [-0.39, 0.29) is 16.2 Å². The molecule has 3 aromatic rings. The number of fused-ring (bicyclic) bond motifs is 3. The maximum Gasteiger partial charge on any atom is 0.598 e. The Labute approximate surface area is 182 Å². The summed E-state index contributed by atoms with van der Waals surface area (Å²) in [4.78, 5) is 0. The molecule has 0 fully saturated rings. The van der Waals surface area contributed by atoms with Gasteiger partial charge in [-0.05, 0) is 75.5 Å². The Kier molecular flexibility index (Phi) is 5.98. The molecule has 3 rings (SSSR count). The highest BCUT2D eigenvalue weighted by atomic mass is 31.1. The van der Waals surface area contributed by atoms with Gasteiger partial charge >= 0.3 is 7.65 Å². The maximum atomic E-state index is 13.4. The minimum atomic E-state index is -1.94. The van der Waals surface area contributed by atoms with E-state index in [9.17, 15) is 4.57 Å². The first-order valence-electron chi connectivity index (χ1n) is 11.4. The summed E-state index contributed by atoms with van der Waals surface area (Å²) in [6.45, 7) is 20.2. The molecule has 30 heavy (non-hydrogen) atoms. The van der Waals surface area contributed by atoms with Crippen molar-refractivity contribution in [1.82, 2.24) is 0 Å². The third-order valence-electron chi connectivity index (χ3n) is 7.69. The number of hydrogen-bond donors (Lipinski definition) is 0. The number of rotatable bonds is 6. The van der Waals surface area contributed by atoms with E-state index in [4.69, 9.17) is 4.20 Å². The van der Waals surface area contributed by atoms with Crippen LogP contribution in [0.25, 0.3) is 21.5 Å². The van der Waals surface area contributed by atoms with Gasteiger partial charge in [-0.25, -0.2) is 4.20 Å². The van der Waals surface area contributed by atoms with Crippen LogP contribution in [0.5, 0.6) is 0 Å². The standard InChI is InChI=1S/C27H38O2P/c1-10-25(4,5)18-13-14-20-21-15-19(26(6,7)11-2)16-22(27(8,9)12-3)24(21)30(28)29-23(20)17-18/h13-17H,10-12H2,1-9H3/q+1. The maximum absolute atomic E-state index is 13.4. The summed E-state index contributed by atoms with van der Waals surface area (Å²) in [7, 11) is -1.94. The normalized spacial score (nSPS) is 14.0. The van der Waals surface area contributed by atoms with Crippen molar-refractivity contribution in [2.24, 2.45) is 0 Å². The highest BCUT2D eigenvalue weighted by molar-refractivity contribution is 7.37. The summed E-state index contributed by atoms with van der Waals surface area (Å²) in [5.74, 6) is 0. The van der Waals surface area contributed by atoms with E-state index >= 15 is 0 Å². The summed E-state index contributed by atoms with van der Waals surface area (Å²) in [6, 6.07) is 11.1. The predicted octanol–water partition coefficient (Wildman–Crippen LogP) is 9.39. The second-order valence-electron chi connectivity index (χ2n) is 10.7. The molecule has 0 aliphatic carbocycles. The van der Waals surface area contributed by atoms with Crippen molar-refractivity contribution < 1.29 is 8.76 Å². The Morgan fingerprint density at radius 1 is 0.733 bits per heavy atom. The number of benzene rings is 2. The SMILES string of the molecule is CCC(C)(C)c1ccc2c(c1)o[p+](=O)c1c(C(C)(C)CC)cc(C(C)(C)CC)cc21. The Balaban J connectivity index is 2.49. The van der Waals surface area contributed by atoms with E-state index in [1.165, 1.54) is 16.7 Å². The molecule has 2 aromatic carbocycles. The molecule has 1 atom stereocenters. The van der Waals surface area contributed by atoms with E-state index in [1.807, 2.05) is 0 Å². The fourth-order valence-corrected chi connectivity index (χ4v) is 5.28. The second-order valence-corrected chi connectivity index (χ2v) is 11.8. The van der Waals surface area contributed by atoms with E-state index in [0.717, 1.165) is 40.7 Å². The van der Waals surface area contributed by atoms with Crippen LogP contribution in [0.3, 0.4) is 0 Å². The second kappa shape index (κ2) is 7.79. The Hall–Kier alpha value is -1.66. The quantitative estimate of drug-likeness (QED) is 0.368. The first-order chi connectivity index (χ1) is 13.9. The molecule has 0 spiro atoms. The van der Waals surface area contributed by atoms with Gasteiger partial charge in [0.2, 0.25) is 5.12 Å². The molecule has 0 amide bonds. The minimum Gasteiger partial charge on any atom is -0.250 e. The minimum absolute atomic E-state index is 0.0574. The summed E-state index contributed by atoms with van der Waals surface area (Å²) in [5, 5.41) is 3.05. The van der Waals surface area contributed by atoms with Crippen LogP contribution in [0.1, 0.15) is 98.3 Å². The van der Waals surface area contributed by atoms with Crippen LogP contribution in [-0.2, 0) is 20.8 Å². The lowest BCUT2D eigenvalue weighted by molar-refractivity contribution is 0.491. The first-order valence-corrected chi connectivity index (χ1v) is 12.5. The molecule has 0 radical (unpaired) electrons. The van der Waals surface area contributed by atoms with Crippen LogP contribution in [0.2, 0.25) is 0 Å². The van der Waals surface area contributed by atoms with Crippen molar-refractivity contribution in [2.75, 3.05) is 0 Å². The van der Waals surface area contributed by atoms with Gasteiger partial charge < -0.3 is 0 Å². The lowest BCUT2D eigenvalue weighted by Crippen LogP contribution is -2.20. The monoisotopic (exact) mass is 425 g/mol. The van der Waals surface area contributed by atoms with E-state index < -0.39 is 7.65 Å². The first kappa shape index (κ1) is 23.0. The zero-order chi connectivity index (χ0) is 22.5. The van der Waals surface area contributed by atoms with Crippen LogP contribution in [0, 0.1) is 0 Å². The zero-order valence-electron chi connectivity index (χ0n) is 20.3. The van der Waals surface area contributed by atoms with Crippen molar-refractivity contribution in [3.63, 3.8) is 0 Å². The molecule has 0 N–H and O–H groups in total. The highest BCUT2D eigenvalue weighted by Gasteiger charge is 2.33. The van der Waals surface area contributed by atoms with Crippen molar-refractivity contribution >= 4 is 29.1 Å². The van der Waals surface area contributed by atoms with Crippen molar-refractivity contribution in [3.05, 3.63) is 47.0 Å². The molecular weight excluding hydrogens is 387 g/mol. The van der Waals surface area contributed by atoms with Crippen LogP contribution in [-0.4, -0.2) is 0 Å². The van der Waals surface area contributed by atoms with Gasteiger partial charge in [0.05, 0.1) is 0 Å². The van der Waals surface area contributed by atoms with Crippen LogP contribution in [0.15, 0.2) is 34.5 Å². The fraction of sp³-hybridized carbons (Fsp3) is 0.556. The lowest BCUT2D eigenvalue weighted by Gasteiger charge is -2.28. The van der Waals surface area contributed by atoms with E-state index in [2.05, 4.69) is 92.6 Å². The van der Waals surface area contributed by atoms with Crippen molar-refractivity contribution in [3.8, 4) is 0 Å². The third-order valence-corrected chi connectivity index (χ3v) is 8.90. The van der Waals surface area contributed by atoms with E-state index in [1.54, 1.807) is 0 Å². The molecule has 0 saturated carbocycles. The van der Waals surface area contributed by atoms with E-state index in [0.29, 0.717) is 0 Å². The van der Waals surface area contributed by atoms with Gasteiger partial charge in [0.15, 0.2) is 5.58 Å². The Bertz CT molecular complexity index is 1150. The topological polar surface area (TPSA) is 30.2 Å². The third kappa shape index (κ3) is 3.84. The highest BCUT2D eigenvalue weighted by Crippen LogP contribution is 2.46. The summed E-state index contributed by atoms with van der Waals surface area (Å²) >= 11 is 0. The Morgan fingerprint density at radius 3 is 1.87 bits per heavy atom. The average molecular weight is 426 g/mol. The van der Waals surface area contributed by atoms with Crippen LogP contribution in [0.4, 0.5) is 0 Å². The molecule has 0 saturated heterocycles. The van der Waals surface area contributed by atoms with Crippen LogP contribution >= 0.6 is 7.65 Å². The van der Waals surface area contributed by atoms with Gasteiger partial charge in [-0.3, -0.25) is 0 Å². The van der Waals surface area contributed by atoms with Gasteiger partial charge in [0.1, 0.15) is 0 Å². The van der Waals surface area contributed by atoms with Gasteiger partial charge in [-0.1, -0.05) is 68.4 Å². The van der Waals surface area contributed by atoms with Crippen LogP contribution < -0.4 is 0 Å². The summed E-state index contributed by atoms with van der Waals surface area (Å²) in [6.07, 6.45) is 3.07. The van der Waals surface area contributed by atoms with Crippen molar-refractivity contribution in [1.29, 1.82) is 0 Å². The molecule has 0 aliphatic rings. The summed E-state index contributed by atoms with van der Waals surface area (Å²) < 4.78 is 19.5. The average Bonchev–Trinajstić information content (AvgIpc) is 2.72. The molecule has 0 aliphatic heterocycles. The van der Waals surface area contributed by atoms with Crippen molar-refractivity contribution in [2.45, 2.75) is 97.8 Å². The van der Waals surface area contributed by atoms with Gasteiger partial charge in [0, 0.05) is 16.3 Å². The molecule has 1 unspecified atom stereocenters. The molecule has 1 aromatic heterocycles. The predicted molar refractivity (Wildman–Crippen MR) is 131 cm³/mol. The fourth-order valence-electron chi connectivity index (χ4n) is 3.92.